The first-order valence-corrected chi connectivity index (χ1v) is 5.76. The monoisotopic (exact) mass is 203 g/mol. The SMILES string of the molecule is N#CCN1CCCC(S(N)(=O)=O)C1. The highest BCUT2D eigenvalue weighted by molar-refractivity contribution is 7.89. The lowest BCUT2D eigenvalue weighted by Gasteiger charge is -2.29. The summed E-state index contributed by atoms with van der Waals surface area (Å²) in [5.41, 5.74) is 0. The van der Waals surface area contributed by atoms with E-state index in [1.54, 1.807) is 0 Å². The van der Waals surface area contributed by atoms with Crippen LogP contribution >= 0.6 is 0 Å². The van der Waals surface area contributed by atoms with Crippen molar-refractivity contribution in [2.24, 2.45) is 5.14 Å². The minimum atomic E-state index is -3.43. The molecule has 5 nitrogen and oxygen atoms in total. The quantitative estimate of drug-likeness (QED) is 0.599. The van der Waals surface area contributed by atoms with Gasteiger partial charge >= 0.3 is 0 Å². The van der Waals surface area contributed by atoms with E-state index in [-0.39, 0.29) is 6.54 Å². The number of likely N-dealkylation sites (tertiary alicyclic amines) is 1. The highest BCUT2D eigenvalue weighted by Gasteiger charge is 2.27. The topological polar surface area (TPSA) is 87.2 Å². The van der Waals surface area contributed by atoms with E-state index in [0.717, 1.165) is 13.0 Å². The molecule has 0 amide bonds. The molecule has 1 unspecified atom stereocenters. The molecule has 13 heavy (non-hydrogen) atoms. The Balaban J connectivity index is 2.58. The highest BCUT2D eigenvalue weighted by atomic mass is 32.2. The first-order valence-electron chi connectivity index (χ1n) is 4.15. The first-order chi connectivity index (χ1) is 6.04. The summed E-state index contributed by atoms with van der Waals surface area (Å²) < 4.78 is 22.0. The van der Waals surface area contributed by atoms with E-state index in [2.05, 4.69) is 0 Å². The van der Waals surface area contributed by atoms with E-state index >= 15 is 0 Å². The molecule has 0 saturated carbocycles. The van der Waals surface area contributed by atoms with Crippen LogP contribution in [0.3, 0.4) is 0 Å². The molecule has 6 heteroatoms. The number of hydrogen-bond donors (Lipinski definition) is 1. The van der Waals surface area contributed by atoms with Crippen molar-refractivity contribution in [3.05, 3.63) is 0 Å². The molecule has 1 aliphatic heterocycles. The van der Waals surface area contributed by atoms with Crippen molar-refractivity contribution in [3.63, 3.8) is 0 Å². The van der Waals surface area contributed by atoms with Gasteiger partial charge in [-0.1, -0.05) is 0 Å². The van der Waals surface area contributed by atoms with Gasteiger partial charge in [0.1, 0.15) is 0 Å². The number of hydrogen-bond acceptors (Lipinski definition) is 4. The minimum absolute atomic E-state index is 0.284. The maximum Gasteiger partial charge on any atom is 0.213 e. The van der Waals surface area contributed by atoms with Crippen molar-refractivity contribution in [2.45, 2.75) is 18.1 Å². The Morgan fingerprint density at radius 1 is 1.62 bits per heavy atom. The van der Waals surface area contributed by atoms with Crippen LogP contribution in [-0.2, 0) is 10.0 Å². The minimum Gasteiger partial charge on any atom is -0.289 e. The van der Waals surface area contributed by atoms with Crippen molar-refractivity contribution in [2.75, 3.05) is 19.6 Å². The predicted octanol–water partition coefficient (Wildman–Crippen LogP) is -0.737. The molecule has 0 bridgehead atoms. The maximum atomic E-state index is 11.0. The summed E-state index contributed by atoms with van der Waals surface area (Å²) in [6.45, 7) is 1.47. The Morgan fingerprint density at radius 3 is 2.85 bits per heavy atom. The van der Waals surface area contributed by atoms with Crippen LogP contribution in [0.2, 0.25) is 0 Å². The zero-order chi connectivity index (χ0) is 9.90. The van der Waals surface area contributed by atoms with Gasteiger partial charge in [0.25, 0.3) is 0 Å². The summed E-state index contributed by atoms with van der Waals surface area (Å²) in [6, 6.07) is 2.00. The van der Waals surface area contributed by atoms with E-state index < -0.39 is 15.3 Å². The van der Waals surface area contributed by atoms with Crippen LogP contribution in [0.4, 0.5) is 0 Å². The Hall–Kier alpha value is -0.640. The van der Waals surface area contributed by atoms with Crippen molar-refractivity contribution >= 4 is 10.0 Å². The smallest absolute Gasteiger partial charge is 0.213 e. The normalized spacial score (nSPS) is 25.4. The van der Waals surface area contributed by atoms with Gasteiger partial charge in [-0.3, -0.25) is 4.90 Å². The number of sulfonamides is 1. The fourth-order valence-corrected chi connectivity index (χ4v) is 2.44. The van der Waals surface area contributed by atoms with Gasteiger partial charge in [0.2, 0.25) is 10.0 Å². The summed E-state index contributed by atoms with van der Waals surface area (Å²) in [4.78, 5) is 1.82. The molecule has 0 radical (unpaired) electrons. The van der Waals surface area contributed by atoms with Gasteiger partial charge in [-0.2, -0.15) is 5.26 Å². The number of nitriles is 1. The molecule has 0 aromatic heterocycles. The fourth-order valence-electron chi connectivity index (χ4n) is 1.52. The average Bonchev–Trinajstić information content (AvgIpc) is 2.04. The molecule has 1 saturated heterocycles. The molecular weight excluding hydrogens is 190 g/mol. The molecule has 1 fully saturated rings. The zero-order valence-corrected chi connectivity index (χ0v) is 8.13. The largest absolute Gasteiger partial charge is 0.289 e. The third kappa shape index (κ3) is 2.95. The maximum absolute atomic E-state index is 11.0. The van der Waals surface area contributed by atoms with E-state index in [0.29, 0.717) is 13.0 Å². The average molecular weight is 203 g/mol. The van der Waals surface area contributed by atoms with Crippen LogP contribution < -0.4 is 5.14 Å². The van der Waals surface area contributed by atoms with Crippen molar-refractivity contribution < 1.29 is 8.42 Å². The van der Waals surface area contributed by atoms with Crippen molar-refractivity contribution in [1.82, 2.24) is 4.90 Å². The summed E-state index contributed by atoms with van der Waals surface area (Å²) in [7, 11) is -3.43. The number of nitrogens with zero attached hydrogens (tertiary/aromatic N) is 2. The van der Waals surface area contributed by atoms with Crippen LogP contribution in [0.5, 0.6) is 0 Å². The van der Waals surface area contributed by atoms with Crippen LogP contribution in [0.15, 0.2) is 0 Å². The number of primary sulfonamides is 1. The molecule has 0 aromatic carbocycles. The van der Waals surface area contributed by atoms with Crippen molar-refractivity contribution in [1.29, 1.82) is 5.26 Å². The number of piperidine rings is 1. The second-order valence-corrected chi connectivity index (χ2v) is 5.09. The molecule has 0 aliphatic carbocycles. The summed E-state index contributed by atoms with van der Waals surface area (Å²) in [6.07, 6.45) is 1.41. The molecule has 1 aliphatic rings. The second-order valence-electron chi connectivity index (χ2n) is 3.25. The highest BCUT2D eigenvalue weighted by Crippen LogP contribution is 2.14. The van der Waals surface area contributed by atoms with Gasteiger partial charge < -0.3 is 0 Å². The Kier molecular flexibility index (Phi) is 3.25. The van der Waals surface area contributed by atoms with Gasteiger partial charge in [-0.15, -0.1) is 0 Å². The van der Waals surface area contributed by atoms with E-state index in [1.165, 1.54) is 0 Å². The van der Waals surface area contributed by atoms with E-state index in [4.69, 9.17) is 10.4 Å². The summed E-state index contributed by atoms with van der Waals surface area (Å²) >= 11 is 0. The summed E-state index contributed by atoms with van der Waals surface area (Å²) in [5, 5.41) is 13.0. The molecule has 1 rings (SSSR count). The second kappa shape index (κ2) is 4.05. The van der Waals surface area contributed by atoms with Crippen molar-refractivity contribution in [3.8, 4) is 6.07 Å². The van der Waals surface area contributed by atoms with Crippen LogP contribution in [0.25, 0.3) is 0 Å². The summed E-state index contributed by atoms with van der Waals surface area (Å²) in [5.74, 6) is 0. The van der Waals surface area contributed by atoms with Gasteiger partial charge in [-0.25, -0.2) is 13.6 Å². The molecule has 1 heterocycles. The number of rotatable bonds is 2. The first kappa shape index (κ1) is 10.4. The lowest BCUT2D eigenvalue weighted by atomic mass is 10.1. The predicted molar refractivity (Wildman–Crippen MR) is 48.2 cm³/mol. The van der Waals surface area contributed by atoms with Gasteiger partial charge in [0.15, 0.2) is 0 Å². The third-order valence-corrected chi connectivity index (χ3v) is 3.54. The Morgan fingerprint density at radius 2 is 2.31 bits per heavy atom. The Labute approximate surface area is 78.2 Å². The van der Waals surface area contributed by atoms with Gasteiger partial charge in [-0.05, 0) is 19.4 Å². The van der Waals surface area contributed by atoms with Crippen LogP contribution in [0, 0.1) is 11.3 Å². The van der Waals surface area contributed by atoms with E-state index in [9.17, 15) is 8.42 Å². The zero-order valence-electron chi connectivity index (χ0n) is 7.31. The molecule has 1 atom stereocenters. The Bertz CT molecular complexity index is 306. The number of nitrogens with two attached hydrogens (primary N) is 1. The third-order valence-electron chi connectivity index (χ3n) is 2.22. The van der Waals surface area contributed by atoms with Crippen LogP contribution in [-0.4, -0.2) is 38.2 Å². The molecule has 74 valence electrons. The molecule has 0 aromatic rings. The standard InChI is InChI=1S/C7H13N3O2S/c8-3-5-10-4-1-2-7(6-10)13(9,11)12/h7H,1-2,4-6H2,(H2,9,11,12). The van der Waals surface area contributed by atoms with Gasteiger partial charge in [0.05, 0.1) is 17.9 Å². The van der Waals surface area contributed by atoms with E-state index in [1.807, 2.05) is 11.0 Å². The molecular formula is C7H13N3O2S. The fraction of sp³-hybridized carbons (Fsp3) is 0.857. The lowest BCUT2D eigenvalue weighted by Crippen LogP contribution is -2.44. The van der Waals surface area contributed by atoms with Gasteiger partial charge in [0, 0.05) is 6.54 Å². The molecule has 2 N–H and O–H groups in total. The lowest BCUT2D eigenvalue weighted by molar-refractivity contribution is 0.255. The molecule has 0 spiro atoms. The van der Waals surface area contributed by atoms with Crippen LogP contribution in [0.1, 0.15) is 12.8 Å².